The summed E-state index contributed by atoms with van der Waals surface area (Å²) in [7, 11) is 0. The van der Waals surface area contributed by atoms with Crippen molar-refractivity contribution in [3.63, 3.8) is 0 Å². The monoisotopic (exact) mass is 251 g/mol. The molecule has 1 aliphatic rings. The molecule has 0 aromatic carbocycles. The average Bonchev–Trinajstić information content (AvgIpc) is 2.65. The zero-order chi connectivity index (χ0) is 11.9. The number of aromatic nitrogens is 1. The molecule has 0 unspecified atom stereocenters. The summed E-state index contributed by atoms with van der Waals surface area (Å²) >= 11 is 2.05. The fourth-order valence-corrected chi connectivity index (χ4v) is 2.86. The fourth-order valence-electron chi connectivity index (χ4n) is 1.97. The van der Waals surface area contributed by atoms with Crippen molar-refractivity contribution >= 4 is 17.6 Å². The molecule has 0 radical (unpaired) electrons. The molecule has 0 aliphatic carbocycles. The highest BCUT2D eigenvalue weighted by atomic mass is 32.2. The third-order valence-corrected chi connectivity index (χ3v) is 3.94. The van der Waals surface area contributed by atoms with E-state index in [0.29, 0.717) is 0 Å². The Kier molecular flexibility index (Phi) is 5.13. The molecule has 2 rings (SSSR count). The first-order valence-electron chi connectivity index (χ1n) is 6.39. The Morgan fingerprint density at radius 1 is 1.35 bits per heavy atom. The van der Waals surface area contributed by atoms with Gasteiger partial charge in [0.2, 0.25) is 0 Å². The van der Waals surface area contributed by atoms with Gasteiger partial charge in [-0.1, -0.05) is 13.0 Å². The highest BCUT2D eigenvalue weighted by Gasteiger charge is 2.11. The summed E-state index contributed by atoms with van der Waals surface area (Å²) in [5.74, 6) is 3.65. The molecule has 0 bridgehead atoms. The second kappa shape index (κ2) is 6.87. The predicted octanol–water partition coefficient (Wildman–Crippen LogP) is 2.13. The molecule has 0 amide bonds. The van der Waals surface area contributed by atoms with Crippen LogP contribution in [0.5, 0.6) is 0 Å². The van der Waals surface area contributed by atoms with Gasteiger partial charge in [-0.05, 0) is 30.9 Å². The van der Waals surface area contributed by atoms with Gasteiger partial charge in [0.05, 0.1) is 5.69 Å². The van der Waals surface area contributed by atoms with E-state index in [9.17, 15) is 0 Å². The van der Waals surface area contributed by atoms with E-state index in [-0.39, 0.29) is 0 Å². The highest BCUT2D eigenvalue weighted by Crippen LogP contribution is 2.17. The molecule has 0 saturated carbocycles. The fraction of sp³-hybridized carbons (Fsp3) is 0.615. The van der Waals surface area contributed by atoms with Gasteiger partial charge in [-0.25, -0.2) is 4.98 Å². The second-order valence-electron chi connectivity index (χ2n) is 4.22. The zero-order valence-corrected chi connectivity index (χ0v) is 11.3. The van der Waals surface area contributed by atoms with E-state index in [1.807, 2.05) is 0 Å². The van der Waals surface area contributed by atoms with Crippen LogP contribution in [-0.2, 0) is 6.54 Å². The van der Waals surface area contributed by atoms with Gasteiger partial charge < -0.3 is 10.2 Å². The van der Waals surface area contributed by atoms with Crippen LogP contribution in [0, 0.1) is 0 Å². The number of anilines is 1. The first kappa shape index (κ1) is 12.7. The van der Waals surface area contributed by atoms with Gasteiger partial charge in [-0.2, -0.15) is 11.8 Å². The smallest absolute Gasteiger partial charge is 0.128 e. The van der Waals surface area contributed by atoms with E-state index >= 15 is 0 Å². The summed E-state index contributed by atoms with van der Waals surface area (Å²) in [6.07, 6.45) is 1.27. The Labute approximate surface area is 108 Å². The molecule has 2 heterocycles. The molecule has 0 atom stereocenters. The topological polar surface area (TPSA) is 28.2 Å². The maximum atomic E-state index is 4.73. The summed E-state index contributed by atoms with van der Waals surface area (Å²) in [6.45, 7) is 6.25. The number of hydrogen-bond donors (Lipinski definition) is 1. The van der Waals surface area contributed by atoms with Crippen LogP contribution in [0.15, 0.2) is 18.2 Å². The van der Waals surface area contributed by atoms with Crippen molar-refractivity contribution in [3.8, 4) is 0 Å². The van der Waals surface area contributed by atoms with E-state index < -0.39 is 0 Å². The Balaban J connectivity index is 2.03. The number of thioether (sulfide) groups is 1. The number of rotatable bonds is 4. The lowest BCUT2D eigenvalue weighted by Crippen LogP contribution is -2.26. The van der Waals surface area contributed by atoms with Crippen molar-refractivity contribution < 1.29 is 0 Å². The lowest BCUT2D eigenvalue weighted by atomic mass is 10.3. The molecule has 1 N–H and O–H groups in total. The normalized spacial score (nSPS) is 16.9. The SMILES string of the molecule is CCNCc1cccc(N2CCCSCC2)n1. The van der Waals surface area contributed by atoms with Crippen LogP contribution in [0.1, 0.15) is 19.0 Å². The molecule has 1 aliphatic heterocycles. The maximum Gasteiger partial charge on any atom is 0.128 e. The molecular weight excluding hydrogens is 230 g/mol. The maximum absolute atomic E-state index is 4.73. The summed E-state index contributed by atoms with van der Waals surface area (Å²) in [4.78, 5) is 7.14. The minimum absolute atomic E-state index is 0.868. The lowest BCUT2D eigenvalue weighted by Gasteiger charge is -2.21. The summed E-state index contributed by atoms with van der Waals surface area (Å²) < 4.78 is 0. The van der Waals surface area contributed by atoms with Gasteiger partial charge in [-0.15, -0.1) is 0 Å². The Morgan fingerprint density at radius 2 is 2.29 bits per heavy atom. The molecule has 0 spiro atoms. The summed E-state index contributed by atoms with van der Waals surface area (Å²) in [6, 6.07) is 6.34. The Bertz CT molecular complexity index is 335. The highest BCUT2D eigenvalue weighted by molar-refractivity contribution is 7.99. The van der Waals surface area contributed by atoms with Crippen LogP contribution < -0.4 is 10.2 Å². The van der Waals surface area contributed by atoms with Gasteiger partial charge in [0, 0.05) is 25.4 Å². The standard InChI is InChI=1S/C13H21N3S/c1-2-14-11-12-5-3-6-13(15-12)16-7-4-9-17-10-8-16/h3,5-6,14H,2,4,7-11H2,1H3. The number of hydrogen-bond acceptors (Lipinski definition) is 4. The van der Waals surface area contributed by atoms with Gasteiger partial charge in [-0.3, -0.25) is 0 Å². The lowest BCUT2D eigenvalue weighted by molar-refractivity contribution is 0.706. The van der Waals surface area contributed by atoms with Crippen molar-refractivity contribution in [1.82, 2.24) is 10.3 Å². The largest absolute Gasteiger partial charge is 0.356 e. The number of nitrogens with zero attached hydrogens (tertiary/aromatic N) is 2. The van der Waals surface area contributed by atoms with Gasteiger partial charge in [0.15, 0.2) is 0 Å². The predicted molar refractivity (Wildman–Crippen MR) is 75.8 cm³/mol. The molecule has 94 valence electrons. The Hall–Kier alpha value is -0.740. The van der Waals surface area contributed by atoms with Gasteiger partial charge >= 0.3 is 0 Å². The van der Waals surface area contributed by atoms with Crippen molar-refractivity contribution in [2.75, 3.05) is 36.0 Å². The summed E-state index contributed by atoms with van der Waals surface area (Å²) in [5.41, 5.74) is 1.14. The van der Waals surface area contributed by atoms with Crippen LogP contribution in [-0.4, -0.2) is 36.1 Å². The third-order valence-electron chi connectivity index (χ3n) is 2.89. The molecule has 17 heavy (non-hydrogen) atoms. The minimum Gasteiger partial charge on any atom is -0.356 e. The third kappa shape index (κ3) is 3.89. The molecular formula is C13H21N3S. The van der Waals surface area contributed by atoms with E-state index in [1.54, 1.807) is 0 Å². The van der Waals surface area contributed by atoms with Gasteiger partial charge in [0.25, 0.3) is 0 Å². The van der Waals surface area contributed by atoms with E-state index in [1.165, 1.54) is 17.9 Å². The summed E-state index contributed by atoms with van der Waals surface area (Å²) in [5, 5.41) is 3.32. The van der Waals surface area contributed by atoms with Crippen LogP contribution in [0.25, 0.3) is 0 Å². The number of pyridine rings is 1. The molecule has 4 heteroatoms. The van der Waals surface area contributed by atoms with Crippen molar-refractivity contribution in [2.24, 2.45) is 0 Å². The first-order chi connectivity index (χ1) is 8.40. The van der Waals surface area contributed by atoms with Crippen LogP contribution >= 0.6 is 11.8 Å². The Morgan fingerprint density at radius 3 is 3.18 bits per heavy atom. The van der Waals surface area contributed by atoms with Crippen molar-refractivity contribution in [3.05, 3.63) is 23.9 Å². The van der Waals surface area contributed by atoms with Gasteiger partial charge in [0.1, 0.15) is 5.82 Å². The first-order valence-corrected chi connectivity index (χ1v) is 7.55. The molecule has 3 nitrogen and oxygen atoms in total. The van der Waals surface area contributed by atoms with E-state index in [2.05, 4.69) is 47.1 Å². The van der Waals surface area contributed by atoms with Crippen molar-refractivity contribution in [1.29, 1.82) is 0 Å². The molecule has 1 aromatic rings. The van der Waals surface area contributed by atoms with Crippen LogP contribution in [0.3, 0.4) is 0 Å². The zero-order valence-electron chi connectivity index (χ0n) is 10.5. The van der Waals surface area contributed by atoms with Crippen LogP contribution in [0.2, 0.25) is 0 Å². The molecule has 1 aromatic heterocycles. The molecule has 1 fully saturated rings. The minimum atomic E-state index is 0.868. The quantitative estimate of drug-likeness (QED) is 0.887. The second-order valence-corrected chi connectivity index (χ2v) is 5.45. The average molecular weight is 251 g/mol. The molecule has 1 saturated heterocycles. The van der Waals surface area contributed by atoms with E-state index in [4.69, 9.17) is 4.98 Å². The van der Waals surface area contributed by atoms with Crippen molar-refractivity contribution in [2.45, 2.75) is 19.9 Å². The van der Waals surface area contributed by atoms with E-state index in [0.717, 1.165) is 37.7 Å². The van der Waals surface area contributed by atoms with Crippen LogP contribution in [0.4, 0.5) is 5.82 Å². The number of nitrogens with one attached hydrogen (secondary N) is 1.